The number of aromatic nitrogens is 2. The molecule has 3 rings (SSSR count). The van der Waals surface area contributed by atoms with E-state index in [2.05, 4.69) is 14.7 Å². The number of hydrogen-bond acceptors (Lipinski definition) is 6. The Kier molecular flexibility index (Phi) is 8.97. The molecule has 3 aromatic rings. The minimum Gasteiger partial charge on any atom is -0.475 e. The minimum absolute atomic E-state index is 0.0890. The van der Waals surface area contributed by atoms with Crippen LogP contribution in [0.3, 0.4) is 0 Å². The van der Waals surface area contributed by atoms with Gasteiger partial charge in [-0.25, -0.2) is 32.3 Å². The number of nitrogens with two attached hydrogens (primary N) is 1. The van der Waals surface area contributed by atoms with E-state index in [-0.39, 0.29) is 16.0 Å². The number of benzene rings is 2. The number of hydrogen-bond donors (Lipinski definition) is 3. The number of alkyl halides is 6. The molecule has 0 fully saturated rings. The fourth-order valence-electron chi connectivity index (χ4n) is 3.11. The van der Waals surface area contributed by atoms with Gasteiger partial charge in [0.2, 0.25) is 16.0 Å². The minimum atomic E-state index is -5.08. The lowest BCUT2D eigenvalue weighted by atomic mass is 9.99. The smallest absolute Gasteiger partial charge is 0.475 e. The Morgan fingerprint density at radius 3 is 2.00 bits per heavy atom. The SMILES string of the molecule is CC(C)(C)NS(=O)(=O)c1ccccc1-c1ccc(-c2cnc(N)nc2C(F)(F)F)c(F)c1.O=C(O)C(F)(F)F. The summed E-state index contributed by atoms with van der Waals surface area (Å²) in [7, 11) is -3.96. The van der Waals surface area contributed by atoms with Crippen LogP contribution in [-0.4, -0.2) is 41.2 Å². The van der Waals surface area contributed by atoms with Crippen molar-refractivity contribution in [3.05, 3.63) is 60.2 Å². The third kappa shape index (κ3) is 8.35. The van der Waals surface area contributed by atoms with Crippen molar-refractivity contribution in [1.82, 2.24) is 14.7 Å². The summed E-state index contributed by atoms with van der Waals surface area (Å²) in [5.41, 5.74) is 2.53. The summed E-state index contributed by atoms with van der Waals surface area (Å²) in [5, 5.41) is 7.12. The number of aliphatic carboxylic acids is 1. The summed E-state index contributed by atoms with van der Waals surface area (Å²) in [5.74, 6) is -4.35. The topological polar surface area (TPSA) is 135 Å². The molecule has 1 heterocycles. The molecule has 0 saturated carbocycles. The Morgan fingerprint density at radius 2 is 1.51 bits per heavy atom. The quantitative estimate of drug-likeness (QED) is 0.357. The molecular weight excluding hydrogens is 561 g/mol. The molecule has 39 heavy (non-hydrogen) atoms. The molecule has 0 atom stereocenters. The van der Waals surface area contributed by atoms with E-state index in [0.717, 1.165) is 18.3 Å². The average molecular weight is 582 g/mol. The molecule has 4 N–H and O–H groups in total. The van der Waals surface area contributed by atoms with Crippen molar-refractivity contribution >= 4 is 21.9 Å². The van der Waals surface area contributed by atoms with Crippen molar-refractivity contribution in [3.63, 3.8) is 0 Å². The third-order valence-electron chi connectivity index (χ3n) is 4.51. The van der Waals surface area contributed by atoms with Crippen LogP contribution in [0.2, 0.25) is 0 Å². The first-order valence-corrected chi connectivity index (χ1v) is 12.0. The molecule has 0 saturated heterocycles. The zero-order valence-electron chi connectivity index (χ0n) is 20.3. The number of sulfonamides is 1. The van der Waals surface area contributed by atoms with Crippen LogP contribution < -0.4 is 10.5 Å². The van der Waals surface area contributed by atoms with Crippen LogP contribution in [0.15, 0.2) is 53.6 Å². The second-order valence-electron chi connectivity index (χ2n) is 8.84. The van der Waals surface area contributed by atoms with Gasteiger partial charge in [0, 0.05) is 28.4 Å². The first-order chi connectivity index (χ1) is 17.6. The highest BCUT2D eigenvalue weighted by Crippen LogP contribution is 2.38. The number of nitrogens with zero attached hydrogens (tertiary/aromatic N) is 2. The Morgan fingerprint density at radius 1 is 0.949 bits per heavy atom. The van der Waals surface area contributed by atoms with Gasteiger partial charge in [0.15, 0.2) is 5.69 Å². The molecule has 0 aliphatic heterocycles. The van der Waals surface area contributed by atoms with E-state index < -0.39 is 62.5 Å². The van der Waals surface area contributed by atoms with Crippen LogP contribution in [0.4, 0.5) is 36.7 Å². The molecule has 16 heteroatoms. The second-order valence-corrected chi connectivity index (χ2v) is 10.5. The van der Waals surface area contributed by atoms with Crippen LogP contribution >= 0.6 is 0 Å². The van der Waals surface area contributed by atoms with E-state index >= 15 is 0 Å². The number of carbonyl (C=O) groups is 1. The second kappa shape index (κ2) is 11.1. The normalized spacial score (nSPS) is 12.5. The molecule has 0 radical (unpaired) electrons. The Labute approximate surface area is 217 Å². The summed E-state index contributed by atoms with van der Waals surface area (Å²) in [6.07, 6.45) is -9.16. The van der Waals surface area contributed by atoms with Crippen molar-refractivity contribution in [1.29, 1.82) is 0 Å². The van der Waals surface area contributed by atoms with E-state index in [1.165, 1.54) is 24.3 Å². The van der Waals surface area contributed by atoms with Gasteiger partial charge in [0.1, 0.15) is 5.82 Å². The molecule has 212 valence electrons. The number of anilines is 1. The first kappa shape index (κ1) is 31.4. The maximum atomic E-state index is 15.0. The van der Waals surface area contributed by atoms with Gasteiger partial charge in [-0.2, -0.15) is 26.3 Å². The van der Waals surface area contributed by atoms with Crippen molar-refractivity contribution < 1.29 is 49.1 Å². The Bertz CT molecular complexity index is 1470. The van der Waals surface area contributed by atoms with Gasteiger partial charge in [-0.1, -0.05) is 30.3 Å². The lowest BCUT2D eigenvalue weighted by Gasteiger charge is -2.21. The van der Waals surface area contributed by atoms with Crippen LogP contribution in [0.1, 0.15) is 26.5 Å². The predicted molar refractivity (Wildman–Crippen MR) is 126 cm³/mol. The Hall–Kier alpha value is -3.79. The molecule has 0 unspecified atom stereocenters. The van der Waals surface area contributed by atoms with E-state index in [9.17, 15) is 39.2 Å². The number of rotatable bonds is 4. The standard InChI is InChI=1S/C21H20F4N4O2S.C2HF3O2/c1-20(2,3)29-32(30,31)17-7-5-4-6-13(17)12-8-9-14(16(22)10-12)15-11-27-19(26)28-18(15)21(23,24)25;3-2(4,5)1(6)7/h4-11,29H,1-3H3,(H2,26,27,28);(H,6,7). The van der Waals surface area contributed by atoms with Gasteiger partial charge in [-0.15, -0.1) is 0 Å². The lowest BCUT2D eigenvalue weighted by molar-refractivity contribution is -0.192. The molecule has 0 spiro atoms. The van der Waals surface area contributed by atoms with Gasteiger partial charge in [0.25, 0.3) is 0 Å². The number of halogens is 7. The van der Waals surface area contributed by atoms with Crippen LogP contribution in [-0.2, 0) is 21.0 Å². The largest absolute Gasteiger partial charge is 0.490 e. The molecule has 0 bridgehead atoms. The number of carboxylic acids is 1. The molecule has 0 aliphatic rings. The molecule has 8 nitrogen and oxygen atoms in total. The number of carboxylic acid groups (broad SMARTS) is 1. The van der Waals surface area contributed by atoms with Crippen LogP contribution in [0.5, 0.6) is 0 Å². The molecule has 2 aromatic carbocycles. The molecule has 0 aliphatic carbocycles. The summed E-state index contributed by atoms with van der Waals surface area (Å²) in [6.45, 7) is 5.03. The molecule has 0 amide bonds. The summed E-state index contributed by atoms with van der Waals surface area (Å²) < 4.78 is 115. The van der Waals surface area contributed by atoms with E-state index in [1.807, 2.05) is 0 Å². The van der Waals surface area contributed by atoms with Crippen molar-refractivity contribution in [2.45, 2.75) is 43.6 Å². The van der Waals surface area contributed by atoms with E-state index in [1.54, 1.807) is 26.8 Å². The zero-order valence-corrected chi connectivity index (χ0v) is 21.1. The third-order valence-corrected chi connectivity index (χ3v) is 6.32. The van der Waals surface area contributed by atoms with Gasteiger partial charge in [-0.05, 0) is 38.5 Å². The monoisotopic (exact) mass is 582 g/mol. The van der Waals surface area contributed by atoms with Gasteiger partial charge >= 0.3 is 18.3 Å². The molecular formula is C23H21F7N4O4S. The van der Waals surface area contributed by atoms with E-state index in [0.29, 0.717) is 0 Å². The highest BCUT2D eigenvalue weighted by atomic mass is 32.2. The maximum absolute atomic E-state index is 15.0. The number of nitrogens with one attached hydrogen (secondary N) is 1. The fourth-order valence-corrected chi connectivity index (χ4v) is 4.76. The van der Waals surface area contributed by atoms with Crippen molar-refractivity contribution in [2.75, 3.05) is 5.73 Å². The number of nitrogen functional groups attached to an aromatic ring is 1. The highest BCUT2D eigenvalue weighted by Gasteiger charge is 2.38. The van der Waals surface area contributed by atoms with Crippen LogP contribution in [0.25, 0.3) is 22.3 Å². The molecule has 1 aromatic heterocycles. The fraction of sp³-hybridized carbons (Fsp3) is 0.261. The lowest BCUT2D eigenvalue weighted by Crippen LogP contribution is -2.40. The maximum Gasteiger partial charge on any atom is 0.490 e. The van der Waals surface area contributed by atoms with Gasteiger partial charge in [-0.3, -0.25) is 0 Å². The average Bonchev–Trinajstić information content (AvgIpc) is 2.77. The summed E-state index contributed by atoms with van der Waals surface area (Å²) in [4.78, 5) is 15.6. The van der Waals surface area contributed by atoms with Gasteiger partial charge < -0.3 is 10.8 Å². The zero-order chi connectivity index (χ0) is 30.0. The first-order valence-electron chi connectivity index (χ1n) is 10.6. The highest BCUT2D eigenvalue weighted by molar-refractivity contribution is 7.89. The van der Waals surface area contributed by atoms with E-state index in [4.69, 9.17) is 15.6 Å². The predicted octanol–water partition coefficient (Wildman–Crippen LogP) is 5.26. The summed E-state index contributed by atoms with van der Waals surface area (Å²) in [6, 6.07) is 9.37. The van der Waals surface area contributed by atoms with Gasteiger partial charge in [0.05, 0.1) is 4.90 Å². The Balaban J connectivity index is 0.000000673. The van der Waals surface area contributed by atoms with Crippen molar-refractivity contribution in [2.24, 2.45) is 0 Å². The van der Waals surface area contributed by atoms with Crippen molar-refractivity contribution in [3.8, 4) is 22.3 Å². The summed E-state index contributed by atoms with van der Waals surface area (Å²) >= 11 is 0. The van der Waals surface area contributed by atoms with Crippen LogP contribution in [0, 0.1) is 5.82 Å².